The summed E-state index contributed by atoms with van der Waals surface area (Å²) in [5.41, 5.74) is 4.59. The summed E-state index contributed by atoms with van der Waals surface area (Å²) in [5, 5.41) is 10.1. The number of aromatic hydroxyl groups is 1. The van der Waals surface area contributed by atoms with E-state index in [4.69, 9.17) is 4.74 Å². The van der Waals surface area contributed by atoms with Gasteiger partial charge in [0.2, 0.25) is 0 Å². The summed E-state index contributed by atoms with van der Waals surface area (Å²) in [5.74, 6) is 1.19. The summed E-state index contributed by atoms with van der Waals surface area (Å²) < 4.78 is 5.26. The summed E-state index contributed by atoms with van der Waals surface area (Å²) >= 11 is 0. The van der Waals surface area contributed by atoms with Gasteiger partial charge in [0, 0.05) is 25.1 Å². The first-order valence-electron chi connectivity index (χ1n) is 9.85. The second-order valence-corrected chi connectivity index (χ2v) is 8.35. The fourth-order valence-corrected chi connectivity index (χ4v) is 5.86. The Morgan fingerprint density at radius 1 is 1.36 bits per heavy atom. The molecule has 0 amide bonds. The standard InChI is InChI=1S/C22H31NO2/c1-16(15-25-2)8-11-23-12-10-22-9-4-3-5-19(22)21(23)13-17-6-7-18(24)14-20(17)22/h6-8,14,19,21,24H,3-5,9-13,15H2,1-2H3/t19-,21+,22+/m0/s1. The Labute approximate surface area is 151 Å². The van der Waals surface area contributed by atoms with E-state index in [1.165, 1.54) is 55.3 Å². The van der Waals surface area contributed by atoms with Crippen LogP contribution in [0.3, 0.4) is 0 Å². The third-order valence-corrected chi connectivity index (χ3v) is 6.98. The zero-order chi connectivity index (χ0) is 17.4. The predicted octanol–water partition coefficient (Wildman–Crippen LogP) is 4.04. The molecule has 4 rings (SSSR count). The van der Waals surface area contributed by atoms with E-state index in [0.717, 1.165) is 25.5 Å². The first-order chi connectivity index (χ1) is 12.1. The Morgan fingerprint density at radius 3 is 3.08 bits per heavy atom. The minimum atomic E-state index is 0.316. The van der Waals surface area contributed by atoms with E-state index in [1.54, 1.807) is 7.11 Å². The minimum Gasteiger partial charge on any atom is -0.508 e. The Kier molecular flexibility index (Phi) is 4.63. The van der Waals surface area contributed by atoms with Crippen LogP contribution in [0.2, 0.25) is 0 Å². The van der Waals surface area contributed by atoms with Crippen molar-refractivity contribution in [1.29, 1.82) is 0 Å². The van der Waals surface area contributed by atoms with E-state index in [-0.39, 0.29) is 0 Å². The molecule has 3 nitrogen and oxygen atoms in total. The second-order valence-electron chi connectivity index (χ2n) is 8.35. The number of piperidine rings is 1. The fraction of sp³-hybridized carbons (Fsp3) is 0.636. The molecule has 0 spiro atoms. The average molecular weight is 341 g/mol. The van der Waals surface area contributed by atoms with Crippen molar-refractivity contribution in [2.45, 2.75) is 56.9 Å². The molecule has 1 saturated heterocycles. The SMILES string of the molecule is COCC(C)=CCN1CC[C@]23CCCC[C@H]2[C@H]1Cc1ccc(O)cc13. The molecule has 1 aliphatic heterocycles. The van der Waals surface area contributed by atoms with Crippen molar-refractivity contribution >= 4 is 0 Å². The zero-order valence-electron chi connectivity index (χ0n) is 15.6. The van der Waals surface area contributed by atoms with E-state index < -0.39 is 0 Å². The first kappa shape index (κ1) is 17.1. The molecule has 0 radical (unpaired) electrons. The fourth-order valence-electron chi connectivity index (χ4n) is 5.86. The highest BCUT2D eigenvalue weighted by Gasteiger charge is 2.53. The molecule has 1 aromatic carbocycles. The highest BCUT2D eigenvalue weighted by molar-refractivity contribution is 5.45. The molecule has 3 heteroatoms. The maximum atomic E-state index is 10.1. The third kappa shape index (κ3) is 2.92. The van der Waals surface area contributed by atoms with Crippen LogP contribution in [0.25, 0.3) is 0 Å². The van der Waals surface area contributed by atoms with Gasteiger partial charge in [-0.2, -0.15) is 0 Å². The number of phenolic OH excluding ortho intramolecular Hbond substituents is 1. The normalized spacial score (nSPS) is 32.2. The Balaban J connectivity index is 1.66. The molecule has 0 unspecified atom stereocenters. The Hall–Kier alpha value is -1.32. The number of likely N-dealkylation sites (tertiary alicyclic amines) is 1. The lowest BCUT2D eigenvalue weighted by Gasteiger charge is -2.59. The lowest BCUT2D eigenvalue weighted by Crippen LogP contribution is -2.60. The molecule has 1 heterocycles. The molecule has 1 saturated carbocycles. The number of ether oxygens (including phenoxy) is 1. The van der Waals surface area contributed by atoms with Gasteiger partial charge in [0.1, 0.15) is 5.75 Å². The van der Waals surface area contributed by atoms with Crippen LogP contribution in [0.5, 0.6) is 5.75 Å². The number of nitrogens with zero attached hydrogens (tertiary/aromatic N) is 1. The van der Waals surface area contributed by atoms with E-state index in [1.807, 2.05) is 6.07 Å². The highest BCUT2D eigenvalue weighted by Crippen LogP contribution is 2.56. The second kappa shape index (κ2) is 6.77. The molecule has 2 bridgehead atoms. The number of benzene rings is 1. The molecule has 3 aliphatic rings. The summed E-state index contributed by atoms with van der Waals surface area (Å²) in [6.07, 6.45) is 10.1. The quantitative estimate of drug-likeness (QED) is 0.839. The topological polar surface area (TPSA) is 32.7 Å². The number of hydrogen-bond donors (Lipinski definition) is 1. The van der Waals surface area contributed by atoms with E-state index >= 15 is 0 Å². The summed E-state index contributed by atoms with van der Waals surface area (Å²) in [6, 6.07) is 6.79. The Bertz CT molecular complexity index is 668. The van der Waals surface area contributed by atoms with Crippen LogP contribution in [-0.4, -0.2) is 42.9 Å². The predicted molar refractivity (Wildman–Crippen MR) is 101 cm³/mol. The summed E-state index contributed by atoms with van der Waals surface area (Å²) in [4.78, 5) is 2.71. The number of fused-ring (bicyclic) bond motifs is 1. The van der Waals surface area contributed by atoms with Crippen molar-refractivity contribution in [2.75, 3.05) is 26.8 Å². The number of methoxy groups -OCH3 is 1. The van der Waals surface area contributed by atoms with Crippen molar-refractivity contribution in [3.05, 3.63) is 41.0 Å². The van der Waals surface area contributed by atoms with Crippen molar-refractivity contribution in [2.24, 2.45) is 5.92 Å². The van der Waals surface area contributed by atoms with Gasteiger partial charge in [-0.05, 0) is 68.3 Å². The van der Waals surface area contributed by atoms with E-state index in [0.29, 0.717) is 17.2 Å². The molecule has 0 aromatic heterocycles. The van der Waals surface area contributed by atoms with Crippen LogP contribution in [0.15, 0.2) is 29.8 Å². The Morgan fingerprint density at radius 2 is 2.24 bits per heavy atom. The molecule has 2 aliphatic carbocycles. The molecule has 25 heavy (non-hydrogen) atoms. The summed E-state index contributed by atoms with van der Waals surface area (Å²) in [6.45, 7) is 5.11. The van der Waals surface area contributed by atoms with Crippen molar-refractivity contribution in [3.63, 3.8) is 0 Å². The van der Waals surface area contributed by atoms with Crippen molar-refractivity contribution < 1.29 is 9.84 Å². The summed E-state index contributed by atoms with van der Waals surface area (Å²) in [7, 11) is 1.77. The lowest BCUT2D eigenvalue weighted by atomic mass is 9.52. The number of hydrogen-bond acceptors (Lipinski definition) is 3. The van der Waals surface area contributed by atoms with Gasteiger partial charge in [-0.3, -0.25) is 4.90 Å². The van der Waals surface area contributed by atoms with Gasteiger partial charge >= 0.3 is 0 Å². The van der Waals surface area contributed by atoms with Gasteiger partial charge in [-0.15, -0.1) is 0 Å². The molecule has 3 atom stereocenters. The smallest absolute Gasteiger partial charge is 0.115 e. The maximum absolute atomic E-state index is 10.1. The van der Waals surface area contributed by atoms with Gasteiger partial charge in [-0.1, -0.05) is 30.6 Å². The molecule has 1 aromatic rings. The van der Waals surface area contributed by atoms with E-state index in [9.17, 15) is 5.11 Å². The monoisotopic (exact) mass is 341 g/mol. The van der Waals surface area contributed by atoms with E-state index in [2.05, 4.69) is 30.0 Å². The third-order valence-electron chi connectivity index (χ3n) is 6.98. The molecule has 2 fully saturated rings. The van der Waals surface area contributed by atoms with Crippen LogP contribution in [0.4, 0.5) is 0 Å². The lowest BCUT2D eigenvalue weighted by molar-refractivity contribution is -0.00535. The van der Waals surface area contributed by atoms with Crippen LogP contribution in [0.1, 0.15) is 50.2 Å². The van der Waals surface area contributed by atoms with Crippen LogP contribution < -0.4 is 0 Å². The van der Waals surface area contributed by atoms with Crippen molar-refractivity contribution in [1.82, 2.24) is 4.90 Å². The maximum Gasteiger partial charge on any atom is 0.115 e. The highest BCUT2D eigenvalue weighted by atomic mass is 16.5. The zero-order valence-corrected chi connectivity index (χ0v) is 15.6. The van der Waals surface area contributed by atoms with Gasteiger partial charge < -0.3 is 9.84 Å². The first-order valence-corrected chi connectivity index (χ1v) is 9.85. The molecule has 136 valence electrons. The largest absolute Gasteiger partial charge is 0.508 e. The van der Waals surface area contributed by atoms with Crippen LogP contribution in [0, 0.1) is 5.92 Å². The van der Waals surface area contributed by atoms with Gasteiger partial charge in [0.05, 0.1) is 6.61 Å². The van der Waals surface area contributed by atoms with Crippen molar-refractivity contribution in [3.8, 4) is 5.75 Å². The molecular formula is C22H31NO2. The van der Waals surface area contributed by atoms with Gasteiger partial charge in [0.25, 0.3) is 0 Å². The molecule has 1 N–H and O–H groups in total. The number of phenols is 1. The van der Waals surface area contributed by atoms with Crippen LogP contribution in [-0.2, 0) is 16.6 Å². The van der Waals surface area contributed by atoms with Gasteiger partial charge in [-0.25, -0.2) is 0 Å². The minimum absolute atomic E-state index is 0.316. The van der Waals surface area contributed by atoms with Gasteiger partial charge in [0.15, 0.2) is 0 Å². The van der Waals surface area contributed by atoms with Crippen LogP contribution >= 0.6 is 0 Å². The number of rotatable bonds is 4. The molecular weight excluding hydrogens is 310 g/mol. The average Bonchev–Trinajstić information content (AvgIpc) is 2.62.